The molecule has 0 saturated heterocycles. The van der Waals surface area contributed by atoms with E-state index >= 15 is 0 Å². The van der Waals surface area contributed by atoms with Crippen LogP contribution in [0.1, 0.15) is 5.56 Å². The minimum Gasteiger partial charge on any atom is -0.456 e. The van der Waals surface area contributed by atoms with Crippen molar-refractivity contribution in [3.8, 4) is 67.3 Å². The normalized spacial score (nSPS) is 11.6. The van der Waals surface area contributed by atoms with Crippen LogP contribution < -0.4 is 0 Å². The molecule has 5 nitrogen and oxygen atoms in total. The Morgan fingerprint density at radius 2 is 0.877 bits per heavy atom. The van der Waals surface area contributed by atoms with Crippen molar-refractivity contribution < 1.29 is 8.83 Å². The van der Waals surface area contributed by atoms with E-state index in [1.807, 2.05) is 60.9 Å². The van der Waals surface area contributed by atoms with Gasteiger partial charge in [0.1, 0.15) is 22.3 Å². The summed E-state index contributed by atoms with van der Waals surface area (Å²) in [6.07, 6.45) is 3.75. The zero-order valence-electron chi connectivity index (χ0n) is 31.0. The monoisotopic (exact) mass is 731 g/mol. The van der Waals surface area contributed by atoms with Crippen molar-refractivity contribution in [2.24, 2.45) is 0 Å². The van der Waals surface area contributed by atoms with Crippen molar-refractivity contribution in [1.82, 2.24) is 15.0 Å². The Hall–Kier alpha value is -7.63. The second-order valence-electron chi connectivity index (χ2n) is 14.5. The van der Waals surface area contributed by atoms with Gasteiger partial charge >= 0.3 is 0 Å². The van der Waals surface area contributed by atoms with Crippen molar-refractivity contribution in [1.29, 1.82) is 0 Å². The van der Waals surface area contributed by atoms with E-state index in [4.69, 9.17) is 18.8 Å². The molecule has 0 aliphatic rings. The Labute approximate surface area is 328 Å². The van der Waals surface area contributed by atoms with E-state index in [9.17, 15) is 0 Å². The number of rotatable bonds is 6. The number of furan rings is 2. The molecular formula is C52H33N3O2. The Balaban J connectivity index is 1.11. The predicted octanol–water partition coefficient (Wildman–Crippen LogP) is 14.0. The van der Waals surface area contributed by atoms with Gasteiger partial charge in [-0.05, 0) is 107 Å². The lowest BCUT2D eigenvalue weighted by Crippen LogP contribution is -1.96. The van der Waals surface area contributed by atoms with Crippen molar-refractivity contribution in [3.05, 3.63) is 188 Å². The quantitative estimate of drug-likeness (QED) is 0.170. The van der Waals surface area contributed by atoms with Crippen molar-refractivity contribution in [3.63, 3.8) is 0 Å². The lowest BCUT2D eigenvalue weighted by molar-refractivity contribution is 0.668. The van der Waals surface area contributed by atoms with Gasteiger partial charge in [-0.1, -0.05) is 103 Å². The second kappa shape index (κ2) is 13.3. The van der Waals surface area contributed by atoms with Gasteiger partial charge in [0, 0.05) is 56.2 Å². The molecule has 0 spiro atoms. The van der Waals surface area contributed by atoms with Crippen LogP contribution in [-0.4, -0.2) is 15.0 Å². The van der Waals surface area contributed by atoms with Gasteiger partial charge in [0.05, 0.1) is 11.4 Å². The van der Waals surface area contributed by atoms with Crippen LogP contribution in [0, 0.1) is 6.92 Å². The number of fused-ring (bicyclic) bond motifs is 6. The lowest BCUT2D eigenvalue weighted by atomic mass is 9.93. The number of benzene rings is 7. The summed E-state index contributed by atoms with van der Waals surface area (Å²) >= 11 is 0. The fourth-order valence-corrected chi connectivity index (χ4v) is 7.97. The highest BCUT2D eigenvalue weighted by atomic mass is 16.3. The van der Waals surface area contributed by atoms with Crippen molar-refractivity contribution in [2.45, 2.75) is 6.92 Å². The topological polar surface area (TPSA) is 65.0 Å². The number of hydrogen-bond donors (Lipinski definition) is 0. The van der Waals surface area contributed by atoms with Crippen LogP contribution in [0.15, 0.2) is 191 Å². The molecule has 0 radical (unpaired) electrons. The van der Waals surface area contributed by atoms with E-state index < -0.39 is 0 Å². The smallest absolute Gasteiger partial charge is 0.160 e. The SMILES string of the molecule is Cc1ccncc1-c1ccc(-c2cc(-c3cc(-c4ccc5oc6ccccc6c5c4)cc(-c4ccc5oc6ccccc6c5c4)c3)nc(-c3ccccc3)n2)cc1. The summed E-state index contributed by atoms with van der Waals surface area (Å²) in [7, 11) is 0. The summed E-state index contributed by atoms with van der Waals surface area (Å²) in [5.74, 6) is 0.666. The molecule has 0 N–H and O–H groups in total. The minimum absolute atomic E-state index is 0.666. The van der Waals surface area contributed by atoms with Crippen LogP contribution in [0.3, 0.4) is 0 Å². The molecule has 0 bridgehead atoms. The van der Waals surface area contributed by atoms with E-state index in [-0.39, 0.29) is 0 Å². The number of hydrogen-bond acceptors (Lipinski definition) is 5. The van der Waals surface area contributed by atoms with Crippen LogP contribution in [0.25, 0.3) is 111 Å². The molecule has 0 unspecified atom stereocenters. The fourth-order valence-electron chi connectivity index (χ4n) is 7.97. The zero-order valence-corrected chi connectivity index (χ0v) is 31.0. The van der Waals surface area contributed by atoms with Gasteiger partial charge in [-0.2, -0.15) is 0 Å². The second-order valence-corrected chi connectivity index (χ2v) is 14.5. The lowest BCUT2D eigenvalue weighted by Gasteiger charge is -2.14. The molecule has 11 aromatic rings. The van der Waals surface area contributed by atoms with E-state index in [2.05, 4.69) is 133 Å². The molecule has 0 saturated carbocycles. The largest absolute Gasteiger partial charge is 0.456 e. The van der Waals surface area contributed by atoms with Crippen molar-refractivity contribution >= 4 is 43.9 Å². The minimum atomic E-state index is 0.666. The summed E-state index contributed by atoms with van der Waals surface area (Å²) < 4.78 is 12.4. The number of nitrogens with zero attached hydrogens (tertiary/aromatic N) is 3. The molecule has 0 fully saturated rings. The number of para-hydroxylation sites is 2. The van der Waals surface area contributed by atoms with Crippen LogP contribution in [0.4, 0.5) is 0 Å². The maximum absolute atomic E-state index is 6.22. The van der Waals surface area contributed by atoms with E-state index in [0.717, 1.165) is 105 Å². The molecule has 0 aliphatic heterocycles. The predicted molar refractivity (Wildman–Crippen MR) is 232 cm³/mol. The van der Waals surface area contributed by atoms with Crippen LogP contribution >= 0.6 is 0 Å². The first kappa shape index (κ1) is 32.8. The average Bonchev–Trinajstić information content (AvgIpc) is 3.84. The Bertz CT molecular complexity index is 3170. The molecule has 5 heteroatoms. The standard InChI is InChI=1S/C52H33N3O2/c1-32-23-24-53-31-45(32)33-15-17-34(18-16-33)46-30-47(55-52(54-46)35-9-3-2-4-10-35)40-26-38(36-19-21-50-43(28-36)41-11-5-7-13-48(41)56-50)25-39(27-40)37-20-22-51-44(29-37)42-12-6-8-14-49(42)57-51/h2-31H,1H3. The fraction of sp³-hybridized carbons (Fsp3) is 0.0192. The zero-order chi connectivity index (χ0) is 37.9. The molecule has 57 heavy (non-hydrogen) atoms. The molecule has 0 aliphatic carbocycles. The summed E-state index contributed by atoms with van der Waals surface area (Å²) in [5, 5.41) is 4.37. The van der Waals surface area contributed by atoms with E-state index in [0.29, 0.717) is 5.82 Å². The third-order valence-electron chi connectivity index (χ3n) is 10.9. The van der Waals surface area contributed by atoms with E-state index in [1.54, 1.807) is 0 Å². The Kier molecular flexibility index (Phi) is 7.64. The first-order valence-electron chi connectivity index (χ1n) is 19.1. The first-order valence-corrected chi connectivity index (χ1v) is 19.1. The molecule has 7 aromatic carbocycles. The Morgan fingerprint density at radius 1 is 0.368 bits per heavy atom. The third kappa shape index (κ3) is 5.85. The van der Waals surface area contributed by atoms with Gasteiger partial charge in [0.25, 0.3) is 0 Å². The summed E-state index contributed by atoms with van der Waals surface area (Å²) in [4.78, 5) is 14.8. The molecule has 11 rings (SSSR count). The number of aryl methyl sites for hydroxylation is 1. The highest BCUT2D eigenvalue weighted by Crippen LogP contribution is 2.39. The van der Waals surface area contributed by atoms with Gasteiger partial charge in [-0.15, -0.1) is 0 Å². The van der Waals surface area contributed by atoms with Gasteiger partial charge in [0.2, 0.25) is 0 Å². The maximum atomic E-state index is 6.22. The first-order chi connectivity index (χ1) is 28.1. The summed E-state index contributed by atoms with van der Waals surface area (Å²) in [5.41, 5.74) is 15.9. The molecule has 0 amide bonds. The average molecular weight is 732 g/mol. The van der Waals surface area contributed by atoms with Gasteiger partial charge in [0.15, 0.2) is 5.82 Å². The molecule has 0 atom stereocenters. The molecule has 4 aromatic heterocycles. The summed E-state index contributed by atoms with van der Waals surface area (Å²) in [6.45, 7) is 2.11. The van der Waals surface area contributed by atoms with Crippen LogP contribution in [0.2, 0.25) is 0 Å². The Morgan fingerprint density at radius 3 is 1.49 bits per heavy atom. The highest BCUT2D eigenvalue weighted by molar-refractivity contribution is 6.07. The third-order valence-corrected chi connectivity index (χ3v) is 10.9. The maximum Gasteiger partial charge on any atom is 0.160 e. The van der Waals surface area contributed by atoms with E-state index in [1.165, 1.54) is 5.56 Å². The van der Waals surface area contributed by atoms with Gasteiger partial charge < -0.3 is 8.83 Å². The molecular weight excluding hydrogens is 699 g/mol. The van der Waals surface area contributed by atoms with Gasteiger partial charge in [-0.25, -0.2) is 9.97 Å². The summed E-state index contributed by atoms with van der Waals surface area (Å²) in [6, 6.07) is 59.0. The van der Waals surface area contributed by atoms with Gasteiger partial charge in [-0.3, -0.25) is 4.98 Å². The number of pyridine rings is 1. The highest BCUT2D eigenvalue weighted by Gasteiger charge is 2.16. The van der Waals surface area contributed by atoms with Crippen molar-refractivity contribution in [2.75, 3.05) is 0 Å². The van der Waals surface area contributed by atoms with Crippen LogP contribution in [-0.2, 0) is 0 Å². The molecule has 268 valence electrons. The molecule has 4 heterocycles. The van der Waals surface area contributed by atoms with Crippen LogP contribution in [0.5, 0.6) is 0 Å². The number of aromatic nitrogens is 3.